The highest BCUT2D eigenvalue weighted by atomic mass is 16.5. The first kappa shape index (κ1) is 11.4. The van der Waals surface area contributed by atoms with Crippen molar-refractivity contribution in [1.29, 1.82) is 0 Å². The highest BCUT2D eigenvalue weighted by molar-refractivity contribution is 5.97. The van der Waals surface area contributed by atoms with Crippen LogP contribution in [0.2, 0.25) is 0 Å². The van der Waals surface area contributed by atoms with Gasteiger partial charge in [-0.3, -0.25) is 4.79 Å². The Morgan fingerprint density at radius 2 is 2.18 bits per heavy atom. The van der Waals surface area contributed by atoms with Crippen LogP contribution in [0, 0.1) is 6.92 Å². The van der Waals surface area contributed by atoms with Gasteiger partial charge in [-0.2, -0.15) is 0 Å². The molecule has 1 heterocycles. The monoisotopic (exact) mass is 236 g/mol. The van der Waals surface area contributed by atoms with E-state index >= 15 is 0 Å². The molecule has 1 aliphatic rings. The van der Waals surface area contributed by atoms with Crippen molar-refractivity contribution in [2.24, 2.45) is 0 Å². The van der Waals surface area contributed by atoms with Gasteiger partial charge in [0.25, 0.3) is 0 Å². The fourth-order valence-corrected chi connectivity index (χ4v) is 1.85. The second-order valence-corrected chi connectivity index (χ2v) is 3.74. The number of hydrogen-bond donors (Lipinski definition) is 0. The van der Waals surface area contributed by atoms with E-state index in [1.165, 1.54) is 14.0 Å². The zero-order valence-electron chi connectivity index (χ0n) is 9.83. The summed E-state index contributed by atoms with van der Waals surface area (Å²) in [5.74, 6) is -0.0256. The van der Waals surface area contributed by atoms with Crippen LogP contribution in [0.15, 0.2) is 6.07 Å². The summed E-state index contributed by atoms with van der Waals surface area (Å²) in [6.45, 7) is 3.23. The molecule has 1 aromatic rings. The van der Waals surface area contributed by atoms with Crippen molar-refractivity contribution in [2.45, 2.75) is 20.5 Å². The molecule has 0 atom stereocenters. The summed E-state index contributed by atoms with van der Waals surface area (Å²) in [5, 5.41) is 0. The van der Waals surface area contributed by atoms with Crippen LogP contribution in [0.3, 0.4) is 0 Å². The van der Waals surface area contributed by atoms with Gasteiger partial charge in [-0.05, 0) is 13.0 Å². The maximum atomic E-state index is 11.5. The lowest BCUT2D eigenvalue weighted by molar-refractivity contribution is -0.131. The molecule has 0 unspecified atom stereocenters. The number of hydrogen-bond acceptors (Lipinski definition) is 5. The molecule has 90 valence electrons. The van der Waals surface area contributed by atoms with Crippen LogP contribution in [-0.2, 0) is 16.1 Å². The predicted molar refractivity (Wildman–Crippen MR) is 58.2 cm³/mol. The van der Waals surface area contributed by atoms with E-state index in [4.69, 9.17) is 14.2 Å². The van der Waals surface area contributed by atoms with E-state index in [-0.39, 0.29) is 6.61 Å². The number of benzene rings is 1. The van der Waals surface area contributed by atoms with Gasteiger partial charge in [-0.25, -0.2) is 4.79 Å². The Morgan fingerprint density at radius 3 is 2.76 bits per heavy atom. The first-order valence-corrected chi connectivity index (χ1v) is 5.10. The number of carbonyl (C=O) groups excluding carboxylic acids is 2. The van der Waals surface area contributed by atoms with Gasteiger partial charge in [0.2, 0.25) is 0 Å². The fraction of sp³-hybridized carbons (Fsp3) is 0.333. The molecule has 5 nitrogen and oxygen atoms in total. The van der Waals surface area contributed by atoms with Gasteiger partial charge in [0, 0.05) is 18.1 Å². The van der Waals surface area contributed by atoms with E-state index in [1.54, 1.807) is 13.0 Å². The molecule has 0 N–H and O–H groups in total. The number of fused-ring (bicyclic) bond motifs is 1. The van der Waals surface area contributed by atoms with Crippen molar-refractivity contribution in [3.05, 3.63) is 22.8 Å². The molecule has 0 amide bonds. The zero-order chi connectivity index (χ0) is 12.6. The van der Waals surface area contributed by atoms with E-state index < -0.39 is 11.9 Å². The van der Waals surface area contributed by atoms with Crippen LogP contribution in [0.5, 0.6) is 11.5 Å². The Labute approximate surface area is 98.3 Å². The average Bonchev–Trinajstić information content (AvgIpc) is 2.61. The Kier molecular flexibility index (Phi) is 2.75. The summed E-state index contributed by atoms with van der Waals surface area (Å²) in [6.07, 6.45) is 0. The first-order valence-electron chi connectivity index (χ1n) is 5.10. The Balaban J connectivity index is 2.59. The van der Waals surface area contributed by atoms with E-state index in [0.717, 1.165) is 0 Å². The van der Waals surface area contributed by atoms with Crippen molar-refractivity contribution in [1.82, 2.24) is 0 Å². The smallest absolute Gasteiger partial charge is 0.342 e. The normalized spacial score (nSPS) is 13.0. The number of rotatable bonds is 2. The molecule has 1 aromatic carbocycles. The Morgan fingerprint density at radius 1 is 1.47 bits per heavy atom. The molecule has 0 fully saturated rings. The minimum absolute atomic E-state index is 0.180. The molecule has 1 aliphatic heterocycles. The summed E-state index contributed by atoms with van der Waals surface area (Å²) in [4.78, 5) is 22.5. The summed E-state index contributed by atoms with van der Waals surface area (Å²) in [6, 6.07) is 1.64. The lowest BCUT2D eigenvalue weighted by Crippen LogP contribution is -2.06. The lowest BCUT2D eigenvalue weighted by atomic mass is 10.0. The molecule has 2 rings (SSSR count). The molecule has 0 aromatic heterocycles. The number of methoxy groups -OCH3 is 1. The molecule has 0 spiro atoms. The average molecular weight is 236 g/mol. The van der Waals surface area contributed by atoms with Gasteiger partial charge in [0.1, 0.15) is 23.7 Å². The predicted octanol–water partition coefficient (Wildman–Crippen LogP) is 1.60. The summed E-state index contributed by atoms with van der Waals surface area (Å²) < 4.78 is 15.2. The number of cyclic esters (lactones) is 1. The Hall–Kier alpha value is -2.04. The maximum absolute atomic E-state index is 11.5. The second-order valence-electron chi connectivity index (χ2n) is 3.74. The Bertz CT molecular complexity index is 504. The van der Waals surface area contributed by atoms with Crippen LogP contribution in [0.25, 0.3) is 0 Å². The quantitative estimate of drug-likeness (QED) is 0.576. The lowest BCUT2D eigenvalue weighted by Gasteiger charge is -2.12. The van der Waals surface area contributed by atoms with Crippen LogP contribution >= 0.6 is 0 Å². The van der Waals surface area contributed by atoms with Crippen LogP contribution in [-0.4, -0.2) is 19.0 Å². The summed E-state index contributed by atoms with van der Waals surface area (Å²) in [5.41, 5.74) is 1.70. The van der Waals surface area contributed by atoms with Gasteiger partial charge in [-0.1, -0.05) is 0 Å². The molecular weight excluding hydrogens is 224 g/mol. The minimum Gasteiger partial charge on any atom is -0.495 e. The molecule has 0 aliphatic carbocycles. The molecule has 17 heavy (non-hydrogen) atoms. The zero-order valence-corrected chi connectivity index (χ0v) is 9.83. The van der Waals surface area contributed by atoms with Crippen molar-refractivity contribution >= 4 is 11.9 Å². The first-order chi connectivity index (χ1) is 8.04. The van der Waals surface area contributed by atoms with E-state index in [2.05, 4.69) is 0 Å². The maximum Gasteiger partial charge on any atom is 0.342 e. The third-order valence-corrected chi connectivity index (χ3v) is 2.58. The van der Waals surface area contributed by atoms with E-state index in [0.29, 0.717) is 28.2 Å². The third kappa shape index (κ3) is 1.84. The number of ether oxygens (including phenoxy) is 3. The molecule has 0 radical (unpaired) electrons. The summed E-state index contributed by atoms with van der Waals surface area (Å²) >= 11 is 0. The van der Waals surface area contributed by atoms with Gasteiger partial charge in [-0.15, -0.1) is 0 Å². The standard InChI is InChI=1S/C12H12O5/c1-6-9(17-7(2)13)4-8-5-16-12(14)10(8)11(6)15-3/h4H,5H2,1-3H3. The fourth-order valence-electron chi connectivity index (χ4n) is 1.85. The minimum atomic E-state index is -0.416. The van der Waals surface area contributed by atoms with Gasteiger partial charge >= 0.3 is 11.9 Å². The van der Waals surface area contributed by atoms with Crippen molar-refractivity contribution in [2.75, 3.05) is 7.11 Å². The number of esters is 2. The molecule has 0 saturated carbocycles. The van der Waals surface area contributed by atoms with Gasteiger partial charge in [0.15, 0.2) is 0 Å². The van der Waals surface area contributed by atoms with Crippen LogP contribution < -0.4 is 9.47 Å². The van der Waals surface area contributed by atoms with Crippen LogP contribution in [0.4, 0.5) is 0 Å². The third-order valence-electron chi connectivity index (χ3n) is 2.58. The number of carbonyl (C=O) groups is 2. The van der Waals surface area contributed by atoms with Gasteiger partial charge < -0.3 is 14.2 Å². The van der Waals surface area contributed by atoms with Gasteiger partial charge in [0.05, 0.1) is 7.11 Å². The molecule has 0 bridgehead atoms. The highest BCUT2D eigenvalue weighted by Gasteiger charge is 2.29. The molecular formula is C12H12O5. The molecule has 0 saturated heterocycles. The van der Waals surface area contributed by atoms with Crippen molar-refractivity contribution < 1.29 is 23.8 Å². The summed E-state index contributed by atoms with van der Waals surface area (Å²) in [7, 11) is 1.46. The topological polar surface area (TPSA) is 61.8 Å². The van der Waals surface area contributed by atoms with Crippen molar-refractivity contribution in [3.8, 4) is 11.5 Å². The van der Waals surface area contributed by atoms with E-state index in [1.807, 2.05) is 0 Å². The SMILES string of the molecule is COc1c(C)c(OC(C)=O)cc2c1C(=O)OC2. The highest BCUT2D eigenvalue weighted by Crippen LogP contribution is 2.38. The van der Waals surface area contributed by atoms with Crippen molar-refractivity contribution in [3.63, 3.8) is 0 Å². The second kappa shape index (κ2) is 4.08. The largest absolute Gasteiger partial charge is 0.495 e. The van der Waals surface area contributed by atoms with E-state index in [9.17, 15) is 9.59 Å². The van der Waals surface area contributed by atoms with Crippen LogP contribution in [0.1, 0.15) is 28.4 Å². The molecule has 5 heteroatoms.